The molecule has 21 atom stereocenters. The van der Waals surface area contributed by atoms with E-state index in [1.807, 2.05) is 27.7 Å². The highest BCUT2D eigenvalue weighted by Crippen LogP contribution is 2.76. The minimum atomic E-state index is -1.29. The maximum Gasteiger partial charge on any atom is 0.342 e. The standard InChI is InChI=1S/C62H94O11.C4H15N5/c1-33(2)17-15-19-39(51-43-29-47(67)53-57(9)25-23-45(65)35(5)41(57)21-27-59(53,11)61(43,13)31-49(51)71-37(7)63)55(69)73-56(70)40(20-16-18-34(3)4)52-44-30-48(68)54-58(10)26-24-46(66)36(6)42(58)22-28-60(54,12)62(44,14)32-50(52)72-38(8)64;5-2-1-3(6)4(7,8)9/h17-18,35-36,41-50,53-54,65-68H,15-16,19-32H2,1-14H3;3H,1-2,5-9H2/t35-,36-,41?,42?,43+,44+,45+,46+,47+,48+,49-,50-,53+,54?,57-,58-,59-,60-,61-,62-;/m0./s1. The second kappa shape index (κ2) is 24.4. The van der Waals surface area contributed by atoms with Crippen molar-refractivity contribution in [3.63, 3.8) is 0 Å². The second-order valence-corrected chi connectivity index (χ2v) is 29.5. The van der Waals surface area contributed by atoms with Crippen LogP contribution in [0.1, 0.15) is 206 Å². The van der Waals surface area contributed by atoms with Gasteiger partial charge in [-0.2, -0.15) is 0 Å². The smallest absolute Gasteiger partial charge is 0.342 e. The number of aliphatic hydroxyl groups excluding tert-OH is 4. The first-order valence-corrected chi connectivity index (χ1v) is 31.4. The Bertz CT molecular complexity index is 2370. The number of hydrogen-bond acceptors (Lipinski definition) is 16. The van der Waals surface area contributed by atoms with Gasteiger partial charge in [-0.25, -0.2) is 9.59 Å². The molecule has 464 valence electrons. The molecule has 0 amide bonds. The van der Waals surface area contributed by atoms with Gasteiger partial charge in [-0.05, 0) is 234 Å². The molecule has 4 unspecified atom stereocenters. The van der Waals surface area contributed by atoms with Gasteiger partial charge in [0.1, 0.15) is 18.0 Å². The van der Waals surface area contributed by atoms with Gasteiger partial charge in [0, 0.05) is 25.0 Å². The Kier molecular flexibility index (Phi) is 19.7. The molecule has 14 N–H and O–H groups in total. The number of fused-ring (bicyclic) bond motifs is 10. The monoisotopic (exact) mass is 1150 g/mol. The van der Waals surface area contributed by atoms with E-state index >= 15 is 9.59 Å². The molecule has 0 heterocycles. The molecule has 8 saturated carbocycles. The van der Waals surface area contributed by atoms with Gasteiger partial charge in [0.15, 0.2) is 0 Å². The number of carbonyl (C=O) groups is 4. The molecule has 0 spiro atoms. The van der Waals surface area contributed by atoms with Crippen molar-refractivity contribution in [2.24, 2.45) is 109 Å². The van der Waals surface area contributed by atoms with Gasteiger partial charge in [0.2, 0.25) is 0 Å². The molecule has 0 saturated heterocycles. The molecule has 82 heavy (non-hydrogen) atoms. The van der Waals surface area contributed by atoms with Crippen LogP contribution in [0.4, 0.5) is 0 Å². The fourth-order valence-corrected chi connectivity index (χ4v) is 20.2. The number of carbonyl (C=O) groups excluding carboxylic acids is 4. The van der Waals surface area contributed by atoms with Crippen LogP contribution in [-0.4, -0.2) is 99.3 Å². The second-order valence-electron chi connectivity index (χ2n) is 29.5. The zero-order chi connectivity index (χ0) is 61.2. The summed E-state index contributed by atoms with van der Waals surface area (Å²) in [6.07, 6.45) is 10.4. The van der Waals surface area contributed by atoms with Crippen molar-refractivity contribution in [1.29, 1.82) is 0 Å². The van der Waals surface area contributed by atoms with E-state index in [9.17, 15) is 30.0 Å². The van der Waals surface area contributed by atoms with E-state index in [4.69, 9.17) is 42.9 Å². The molecular formula is C66H109N5O11. The highest BCUT2D eigenvalue weighted by atomic mass is 16.6. The number of allylic oxidation sites excluding steroid dienone is 4. The largest absolute Gasteiger partial charge is 0.458 e. The molecule has 0 aromatic rings. The SMILES string of the molecule is CC(=O)O[C@H]1C[C@@]2(C)[C@H](C[C@@H](O)C3[C@@]4(C)CC[C@@H](O)[C@@H](C)C4CC[C@@]32C)C1=C(CCC=C(C)C)C(=O)OC(=O)C(CCC=C(C)C)=C1[C@@H](OC(C)=O)C[C@@]2(C)[C@@H]1C[C@@H](O)[C@@H]1[C@@]3(C)CC[C@@H](O)[C@@H](C)C3CC[C@@]12C.NCCC(N)C(N)(N)N. The lowest BCUT2D eigenvalue weighted by atomic mass is 9.36. The molecule has 0 radical (unpaired) electrons. The van der Waals surface area contributed by atoms with Crippen molar-refractivity contribution >= 4 is 23.9 Å². The molecule has 8 fully saturated rings. The lowest BCUT2D eigenvalue weighted by Crippen LogP contribution is -2.69. The van der Waals surface area contributed by atoms with E-state index in [-0.39, 0.29) is 83.2 Å². The molecule has 8 rings (SSSR count). The fraction of sp³-hybridized carbons (Fsp3) is 0.818. The van der Waals surface area contributed by atoms with E-state index in [2.05, 4.69) is 67.5 Å². The topological polar surface area (TPSA) is 307 Å². The highest BCUT2D eigenvalue weighted by molar-refractivity contribution is 6.03. The minimum Gasteiger partial charge on any atom is -0.458 e. The van der Waals surface area contributed by atoms with Gasteiger partial charge >= 0.3 is 23.9 Å². The summed E-state index contributed by atoms with van der Waals surface area (Å²) in [4.78, 5) is 57.3. The Labute approximate surface area is 491 Å². The van der Waals surface area contributed by atoms with E-state index in [0.29, 0.717) is 86.6 Å². The van der Waals surface area contributed by atoms with Crippen molar-refractivity contribution in [3.05, 3.63) is 45.6 Å². The van der Waals surface area contributed by atoms with Crippen LogP contribution in [0, 0.1) is 79.8 Å². The van der Waals surface area contributed by atoms with Crippen molar-refractivity contribution in [2.45, 2.75) is 255 Å². The molecular weight excluding hydrogens is 1040 g/mol. The molecule has 8 aliphatic carbocycles. The first-order chi connectivity index (χ1) is 38.0. The predicted molar refractivity (Wildman–Crippen MR) is 318 cm³/mol. The zero-order valence-electron chi connectivity index (χ0n) is 52.6. The van der Waals surface area contributed by atoms with Crippen LogP contribution in [0.2, 0.25) is 0 Å². The summed E-state index contributed by atoms with van der Waals surface area (Å²) < 4.78 is 18.9. The third-order valence-electron chi connectivity index (χ3n) is 24.4. The Morgan fingerprint density at radius 2 is 0.951 bits per heavy atom. The zero-order valence-corrected chi connectivity index (χ0v) is 52.6. The van der Waals surface area contributed by atoms with Crippen LogP contribution in [0.25, 0.3) is 0 Å². The molecule has 16 nitrogen and oxygen atoms in total. The van der Waals surface area contributed by atoms with Gasteiger partial charge in [-0.1, -0.05) is 78.7 Å². The normalized spacial score (nSPS) is 43.5. The van der Waals surface area contributed by atoms with Gasteiger partial charge in [-0.3, -0.25) is 26.8 Å². The third-order valence-corrected chi connectivity index (χ3v) is 24.4. The fourth-order valence-electron chi connectivity index (χ4n) is 20.2. The quantitative estimate of drug-likeness (QED) is 0.0209. The number of ether oxygens (including phenoxy) is 3. The van der Waals surface area contributed by atoms with Crippen LogP contribution in [0.3, 0.4) is 0 Å². The van der Waals surface area contributed by atoms with Crippen LogP contribution < -0.4 is 28.7 Å². The number of esters is 4. The first-order valence-electron chi connectivity index (χ1n) is 31.4. The molecule has 0 aromatic carbocycles. The summed E-state index contributed by atoms with van der Waals surface area (Å²) in [5, 5.41) is 47.4. The molecule has 0 aromatic heterocycles. The van der Waals surface area contributed by atoms with Crippen molar-refractivity contribution in [2.75, 3.05) is 6.54 Å². The maximum atomic E-state index is 15.5. The Balaban J connectivity index is 0.000000990. The summed E-state index contributed by atoms with van der Waals surface area (Å²) in [6, 6.07) is -0.428. The van der Waals surface area contributed by atoms with E-state index in [1.165, 1.54) is 13.8 Å². The molecule has 16 heteroatoms. The Morgan fingerprint density at radius 1 is 0.585 bits per heavy atom. The summed E-state index contributed by atoms with van der Waals surface area (Å²) >= 11 is 0. The van der Waals surface area contributed by atoms with Gasteiger partial charge in [0.25, 0.3) is 0 Å². The van der Waals surface area contributed by atoms with Gasteiger partial charge in [0.05, 0.1) is 30.5 Å². The summed E-state index contributed by atoms with van der Waals surface area (Å²) in [6.45, 7) is 29.3. The Hall–Kier alpha value is -3.32. The maximum absolute atomic E-state index is 15.5. The lowest BCUT2D eigenvalue weighted by molar-refractivity contribution is -0.234. The summed E-state index contributed by atoms with van der Waals surface area (Å²) in [7, 11) is 0. The molecule has 0 bridgehead atoms. The van der Waals surface area contributed by atoms with Crippen molar-refractivity contribution < 1.29 is 53.8 Å². The average molecular weight is 1150 g/mol. The number of hydrogen-bond donors (Lipinski definition) is 9. The first kappa shape index (κ1) is 66.2. The Morgan fingerprint density at radius 3 is 1.26 bits per heavy atom. The number of rotatable bonds is 13. The van der Waals surface area contributed by atoms with Crippen molar-refractivity contribution in [1.82, 2.24) is 0 Å². The van der Waals surface area contributed by atoms with Gasteiger partial charge in [-0.15, -0.1) is 0 Å². The average Bonchev–Trinajstić information content (AvgIpc) is 1.33. The number of nitrogens with two attached hydrogens (primary N) is 5. The minimum absolute atomic E-state index is 0.0833. The highest BCUT2D eigenvalue weighted by Gasteiger charge is 2.73. The van der Waals surface area contributed by atoms with E-state index in [0.717, 1.165) is 49.7 Å². The number of aliphatic hydroxyl groups is 4. The van der Waals surface area contributed by atoms with E-state index in [1.54, 1.807) is 0 Å². The summed E-state index contributed by atoms with van der Waals surface area (Å²) in [5.41, 5.74) is 28.0. The third kappa shape index (κ3) is 11.7. The lowest BCUT2D eigenvalue weighted by Gasteiger charge is -2.69. The summed E-state index contributed by atoms with van der Waals surface area (Å²) in [5.74, 6) is -3.99. The molecule has 0 aliphatic heterocycles. The van der Waals surface area contributed by atoms with Crippen LogP contribution in [0.5, 0.6) is 0 Å². The van der Waals surface area contributed by atoms with Gasteiger partial charge < -0.3 is 46.1 Å². The molecule has 8 aliphatic rings. The van der Waals surface area contributed by atoms with E-state index < -0.39 is 81.8 Å². The van der Waals surface area contributed by atoms with Crippen LogP contribution in [-0.2, 0) is 33.4 Å². The predicted octanol–water partition coefficient (Wildman–Crippen LogP) is 8.44. The van der Waals surface area contributed by atoms with Crippen LogP contribution >= 0.6 is 0 Å². The van der Waals surface area contributed by atoms with Crippen molar-refractivity contribution in [3.8, 4) is 0 Å². The van der Waals surface area contributed by atoms with Crippen LogP contribution in [0.15, 0.2) is 45.6 Å².